The first kappa shape index (κ1) is 12.2. The van der Waals surface area contributed by atoms with Crippen LogP contribution < -0.4 is 5.32 Å². The second-order valence-corrected chi connectivity index (χ2v) is 3.83. The molecular formula is C10H14N6O2. The Balaban J connectivity index is 1.73. The molecule has 2 aromatic heterocycles. The average Bonchev–Trinajstić information content (AvgIpc) is 2.93. The van der Waals surface area contributed by atoms with Crippen LogP contribution >= 0.6 is 0 Å². The fourth-order valence-corrected chi connectivity index (χ4v) is 1.47. The lowest BCUT2D eigenvalue weighted by molar-refractivity contribution is 0.0690. The number of aromatic carboxylic acids is 1. The van der Waals surface area contributed by atoms with Gasteiger partial charge in [0.15, 0.2) is 5.69 Å². The zero-order valence-corrected chi connectivity index (χ0v) is 9.94. The van der Waals surface area contributed by atoms with E-state index in [1.165, 1.54) is 10.9 Å². The predicted molar refractivity (Wildman–Crippen MR) is 61.9 cm³/mol. The number of hydrogen-bond donors (Lipinski definition) is 2. The molecule has 8 nitrogen and oxygen atoms in total. The van der Waals surface area contributed by atoms with E-state index in [2.05, 4.69) is 20.7 Å². The second-order valence-electron chi connectivity index (χ2n) is 3.83. The number of aryl methyl sites for hydroxylation is 1. The molecule has 0 aromatic carbocycles. The van der Waals surface area contributed by atoms with Gasteiger partial charge in [0.2, 0.25) is 0 Å². The van der Waals surface area contributed by atoms with Crippen molar-refractivity contribution >= 4 is 5.97 Å². The van der Waals surface area contributed by atoms with Gasteiger partial charge in [-0.2, -0.15) is 5.10 Å². The summed E-state index contributed by atoms with van der Waals surface area (Å²) in [5.41, 5.74) is 0.919. The fourth-order valence-electron chi connectivity index (χ4n) is 1.47. The van der Waals surface area contributed by atoms with Crippen LogP contribution in [-0.4, -0.2) is 42.4 Å². The van der Waals surface area contributed by atoms with Crippen LogP contribution in [0.1, 0.15) is 16.2 Å². The Hall–Kier alpha value is -2.22. The van der Waals surface area contributed by atoms with Gasteiger partial charge >= 0.3 is 5.97 Å². The third-order valence-electron chi connectivity index (χ3n) is 2.35. The zero-order chi connectivity index (χ0) is 13.0. The molecule has 96 valence electrons. The van der Waals surface area contributed by atoms with Crippen molar-refractivity contribution in [3.05, 3.63) is 29.8 Å². The summed E-state index contributed by atoms with van der Waals surface area (Å²) in [4.78, 5) is 10.6. The van der Waals surface area contributed by atoms with Crippen LogP contribution in [0.4, 0.5) is 0 Å². The van der Waals surface area contributed by atoms with Crippen molar-refractivity contribution in [2.75, 3.05) is 6.54 Å². The molecule has 0 saturated carbocycles. The first-order valence-corrected chi connectivity index (χ1v) is 5.48. The van der Waals surface area contributed by atoms with Gasteiger partial charge in [-0.3, -0.25) is 9.36 Å². The molecular weight excluding hydrogens is 236 g/mol. The highest BCUT2D eigenvalue weighted by atomic mass is 16.4. The van der Waals surface area contributed by atoms with Crippen LogP contribution in [0, 0.1) is 0 Å². The van der Waals surface area contributed by atoms with Crippen molar-refractivity contribution in [3.8, 4) is 0 Å². The largest absolute Gasteiger partial charge is 0.476 e. The summed E-state index contributed by atoms with van der Waals surface area (Å²) in [6.07, 6.45) is 3.29. The zero-order valence-electron chi connectivity index (χ0n) is 9.94. The molecule has 0 aliphatic heterocycles. The highest BCUT2D eigenvalue weighted by Gasteiger charge is 2.07. The van der Waals surface area contributed by atoms with Gasteiger partial charge in [0, 0.05) is 26.3 Å². The Labute approximate surface area is 103 Å². The maximum absolute atomic E-state index is 10.6. The third-order valence-corrected chi connectivity index (χ3v) is 2.35. The van der Waals surface area contributed by atoms with Crippen molar-refractivity contribution in [2.24, 2.45) is 7.05 Å². The topological polar surface area (TPSA) is 97.9 Å². The Kier molecular flexibility index (Phi) is 3.68. The van der Waals surface area contributed by atoms with Gasteiger partial charge in [-0.15, -0.1) is 5.10 Å². The molecule has 0 bridgehead atoms. The summed E-state index contributed by atoms with van der Waals surface area (Å²) < 4.78 is 3.24. The third kappa shape index (κ3) is 3.14. The molecule has 0 saturated heterocycles. The smallest absolute Gasteiger partial charge is 0.358 e. The highest BCUT2D eigenvalue weighted by molar-refractivity contribution is 5.84. The maximum atomic E-state index is 10.6. The molecule has 2 N–H and O–H groups in total. The Morgan fingerprint density at radius 3 is 3.00 bits per heavy atom. The molecule has 2 heterocycles. The molecule has 0 amide bonds. The van der Waals surface area contributed by atoms with E-state index in [0.717, 1.165) is 5.69 Å². The second kappa shape index (κ2) is 5.41. The van der Waals surface area contributed by atoms with E-state index in [-0.39, 0.29) is 5.69 Å². The van der Waals surface area contributed by atoms with Gasteiger partial charge in [0.25, 0.3) is 0 Å². The molecule has 0 aliphatic rings. The minimum Gasteiger partial charge on any atom is -0.476 e. The average molecular weight is 250 g/mol. The van der Waals surface area contributed by atoms with E-state index < -0.39 is 5.97 Å². The lowest BCUT2D eigenvalue weighted by atomic mass is 10.4. The first-order valence-electron chi connectivity index (χ1n) is 5.48. The van der Waals surface area contributed by atoms with E-state index in [0.29, 0.717) is 19.6 Å². The van der Waals surface area contributed by atoms with E-state index >= 15 is 0 Å². The molecule has 0 aliphatic carbocycles. The SMILES string of the molecule is Cn1ccc(CNCCn2cc(C(=O)O)nn2)n1. The molecule has 2 aromatic rings. The number of rotatable bonds is 6. The number of carboxylic acid groups (broad SMARTS) is 1. The Morgan fingerprint density at radius 2 is 2.39 bits per heavy atom. The molecule has 0 spiro atoms. The number of carboxylic acids is 1. The number of hydrogen-bond acceptors (Lipinski definition) is 5. The normalized spacial score (nSPS) is 10.7. The lowest BCUT2D eigenvalue weighted by Crippen LogP contribution is -2.20. The number of aromatic nitrogens is 5. The Bertz CT molecular complexity index is 532. The summed E-state index contributed by atoms with van der Waals surface area (Å²) in [5, 5.41) is 23.3. The monoisotopic (exact) mass is 250 g/mol. The molecule has 0 radical (unpaired) electrons. The molecule has 18 heavy (non-hydrogen) atoms. The highest BCUT2D eigenvalue weighted by Crippen LogP contribution is 1.94. The summed E-state index contributed by atoms with van der Waals surface area (Å²) in [6, 6.07) is 1.94. The molecule has 8 heteroatoms. The van der Waals surface area contributed by atoms with Crippen molar-refractivity contribution in [3.63, 3.8) is 0 Å². The minimum absolute atomic E-state index is 0.0419. The van der Waals surface area contributed by atoms with Crippen LogP contribution in [0.2, 0.25) is 0 Å². The summed E-state index contributed by atoms with van der Waals surface area (Å²) in [6.45, 7) is 1.90. The van der Waals surface area contributed by atoms with Gasteiger partial charge in [-0.25, -0.2) is 4.79 Å². The van der Waals surface area contributed by atoms with Gasteiger partial charge in [-0.05, 0) is 6.07 Å². The van der Waals surface area contributed by atoms with Crippen LogP contribution in [0.25, 0.3) is 0 Å². The van der Waals surface area contributed by atoms with E-state index in [4.69, 9.17) is 5.11 Å². The number of nitrogens with one attached hydrogen (secondary N) is 1. The number of carbonyl (C=O) groups is 1. The van der Waals surface area contributed by atoms with Gasteiger partial charge in [0.05, 0.1) is 18.4 Å². The van der Waals surface area contributed by atoms with Crippen molar-refractivity contribution in [2.45, 2.75) is 13.1 Å². The molecule has 0 atom stereocenters. The lowest BCUT2D eigenvalue weighted by Gasteiger charge is -2.02. The summed E-state index contributed by atoms with van der Waals surface area (Å²) >= 11 is 0. The van der Waals surface area contributed by atoms with Crippen LogP contribution in [-0.2, 0) is 20.1 Å². The van der Waals surface area contributed by atoms with E-state index in [1.54, 1.807) is 4.68 Å². The summed E-state index contributed by atoms with van der Waals surface area (Å²) in [7, 11) is 1.87. The van der Waals surface area contributed by atoms with Gasteiger partial charge in [0.1, 0.15) is 0 Å². The van der Waals surface area contributed by atoms with Crippen LogP contribution in [0.15, 0.2) is 18.5 Å². The van der Waals surface area contributed by atoms with Gasteiger partial charge in [-0.1, -0.05) is 5.21 Å². The predicted octanol–water partition coefficient (Wildman–Crippen LogP) is -0.500. The summed E-state index contributed by atoms with van der Waals surface area (Å²) in [5.74, 6) is -1.07. The maximum Gasteiger partial charge on any atom is 0.358 e. The first-order chi connectivity index (χ1) is 8.65. The van der Waals surface area contributed by atoms with Crippen molar-refractivity contribution < 1.29 is 9.90 Å². The van der Waals surface area contributed by atoms with Gasteiger partial charge < -0.3 is 10.4 Å². The molecule has 0 unspecified atom stereocenters. The Morgan fingerprint density at radius 1 is 1.56 bits per heavy atom. The van der Waals surface area contributed by atoms with Crippen LogP contribution in [0.5, 0.6) is 0 Å². The quantitative estimate of drug-likeness (QED) is 0.671. The van der Waals surface area contributed by atoms with E-state index in [1.807, 2.05) is 19.3 Å². The van der Waals surface area contributed by atoms with Crippen molar-refractivity contribution in [1.29, 1.82) is 0 Å². The number of nitrogens with zero attached hydrogens (tertiary/aromatic N) is 5. The standard InChI is InChI=1S/C10H14N6O2/c1-15-4-2-8(13-15)6-11-3-5-16-7-9(10(17)18)12-14-16/h2,4,7,11H,3,5-6H2,1H3,(H,17,18). The molecule has 2 rings (SSSR count). The minimum atomic E-state index is -1.07. The van der Waals surface area contributed by atoms with Crippen LogP contribution in [0.3, 0.4) is 0 Å². The van der Waals surface area contributed by atoms with Crippen molar-refractivity contribution in [1.82, 2.24) is 30.1 Å². The van der Waals surface area contributed by atoms with E-state index in [9.17, 15) is 4.79 Å². The molecule has 0 fully saturated rings. The fraction of sp³-hybridized carbons (Fsp3) is 0.400.